The van der Waals surface area contributed by atoms with E-state index in [0.717, 1.165) is 18.4 Å². The summed E-state index contributed by atoms with van der Waals surface area (Å²) in [6, 6.07) is -0.241. The molecule has 0 radical (unpaired) electrons. The number of hydrogen-bond donors (Lipinski definition) is 3. The van der Waals surface area contributed by atoms with Gasteiger partial charge in [0.1, 0.15) is 0 Å². The van der Waals surface area contributed by atoms with E-state index < -0.39 is 5.97 Å². The molecule has 1 rings (SSSR count). The molecule has 0 heterocycles. The molecule has 0 aliphatic heterocycles. The molecule has 1 saturated carbocycles. The normalized spacial score (nSPS) is 23.0. The molecular weight excluding hydrogens is 232 g/mol. The highest BCUT2D eigenvalue weighted by atomic mass is 16.4. The molecule has 5 heteroatoms. The molecule has 0 aromatic heterocycles. The van der Waals surface area contributed by atoms with Gasteiger partial charge < -0.3 is 15.7 Å². The highest BCUT2D eigenvalue weighted by Gasteiger charge is 2.27. The van der Waals surface area contributed by atoms with Gasteiger partial charge in [0.15, 0.2) is 0 Å². The van der Waals surface area contributed by atoms with Crippen LogP contribution in [0.4, 0.5) is 4.79 Å². The Morgan fingerprint density at radius 3 is 2.67 bits per heavy atom. The maximum Gasteiger partial charge on any atom is 0.315 e. The van der Waals surface area contributed by atoms with Crippen LogP contribution in [-0.2, 0) is 4.79 Å². The van der Waals surface area contributed by atoms with Crippen LogP contribution >= 0.6 is 0 Å². The van der Waals surface area contributed by atoms with Gasteiger partial charge in [-0.15, -0.1) is 0 Å². The fraction of sp³-hybridized carbons (Fsp3) is 0.692. The Balaban J connectivity index is 2.31. The molecular formula is C13H22N2O3. The van der Waals surface area contributed by atoms with E-state index >= 15 is 0 Å². The summed E-state index contributed by atoms with van der Waals surface area (Å²) >= 11 is 0. The quantitative estimate of drug-likeness (QED) is 0.670. The van der Waals surface area contributed by atoms with Gasteiger partial charge in [-0.3, -0.25) is 4.79 Å². The summed E-state index contributed by atoms with van der Waals surface area (Å²) in [5.74, 6) is -1.08. The van der Waals surface area contributed by atoms with Crippen LogP contribution < -0.4 is 10.6 Å². The predicted octanol–water partition coefficient (Wildman–Crippen LogP) is 1.90. The summed E-state index contributed by atoms with van der Waals surface area (Å²) in [6.45, 7) is 4.44. The molecule has 2 atom stereocenters. The number of allylic oxidation sites excluding steroid dienone is 1. The van der Waals surface area contributed by atoms with Crippen LogP contribution in [0.1, 0.15) is 39.5 Å². The van der Waals surface area contributed by atoms with Crippen molar-refractivity contribution in [3.63, 3.8) is 0 Å². The third kappa shape index (κ3) is 5.21. The lowest BCUT2D eigenvalue weighted by Crippen LogP contribution is -2.45. The van der Waals surface area contributed by atoms with Gasteiger partial charge in [-0.1, -0.05) is 18.1 Å². The van der Waals surface area contributed by atoms with E-state index in [0.29, 0.717) is 19.4 Å². The minimum absolute atomic E-state index is 0.0217. The molecule has 2 unspecified atom stereocenters. The van der Waals surface area contributed by atoms with E-state index in [9.17, 15) is 9.59 Å². The summed E-state index contributed by atoms with van der Waals surface area (Å²) in [5, 5.41) is 14.5. The van der Waals surface area contributed by atoms with Crippen molar-refractivity contribution in [3.8, 4) is 0 Å². The number of amides is 2. The van der Waals surface area contributed by atoms with Crippen LogP contribution in [0.3, 0.4) is 0 Å². The van der Waals surface area contributed by atoms with Crippen molar-refractivity contribution in [2.24, 2.45) is 5.92 Å². The monoisotopic (exact) mass is 254 g/mol. The van der Waals surface area contributed by atoms with Crippen LogP contribution in [0.25, 0.3) is 0 Å². The molecule has 1 fully saturated rings. The molecule has 18 heavy (non-hydrogen) atoms. The van der Waals surface area contributed by atoms with Crippen molar-refractivity contribution in [3.05, 3.63) is 11.6 Å². The number of carboxylic acid groups (broad SMARTS) is 1. The lowest BCUT2D eigenvalue weighted by atomic mass is 9.86. The molecule has 1 aliphatic rings. The first-order chi connectivity index (χ1) is 8.49. The molecule has 1 aliphatic carbocycles. The first-order valence-electron chi connectivity index (χ1n) is 6.39. The fourth-order valence-corrected chi connectivity index (χ4v) is 2.13. The number of aliphatic carboxylic acids is 1. The van der Waals surface area contributed by atoms with E-state index in [1.165, 1.54) is 0 Å². The van der Waals surface area contributed by atoms with E-state index in [4.69, 9.17) is 5.11 Å². The smallest absolute Gasteiger partial charge is 0.315 e. The third-order valence-corrected chi connectivity index (χ3v) is 3.13. The van der Waals surface area contributed by atoms with Crippen LogP contribution in [-0.4, -0.2) is 29.7 Å². The average Bonchev–Trinajstić information content (AvgIpc) is 2.28. The van der Waals surface area contributed by atoms with Gasteiger partial charge in [0.25, 0.3) is 0 Å². The highest BCUT2D eigenvalue weighted by Crippen LogP contribution is 2.24. The van der Waals surface area contributed by atoms with Gasteiger partial charge in [-0.05, 0) is 33.1 Å². The average molecular weight is 254 g/mol. The Bertz CT molecular complexity index is 335. The van der Waals surface area contributed by atoms with Gasteiger partial charge in [0.05, 0.1) is 5.92 Å². The molecule has 0 saturated heterocycles. The Kier molecular flexibility index (Phi) is 5.68. The summed E-state index contributed by atoms with van der Waals surface area (Å²) < 4.78 is 0. The van der Waals surface area contributed by atoms with Crippen molar-refractivity contribution in [1.82, 2.24) is 10.6 Å². The van der Waals surface area contributed by atoms with Gasteiger partial charge >= 0.3 is 12.0 Å². The SMILES string of the molecule is CC(C)=CCNC(=O)NC1CCCC(C(=O)O)C1. The van der Waals surface area contributed by atoms with Crippen molar-refractivity contribution < 1.29 is 14.7 Å². The van der Waals surface area contributed by atoms with Crippen LogP contribution in [0.2, 0.25) is 0 Å². The van der Waals surface area contributed by atoms with Crippen molar-refractivity contribution >= 4 is 12.0 Å². The summed E-state index contributed by atoms with van der Waals surface area (Å²) in [5.41, 5.74) is 1.15. The van der Waals surface area contributed by atoms with Crippen LogP contribution in [0.5, 0.6) is 0 Å². The second kappa shape index (κ2) is 7.03. The zero-order valence-electron chi connectivity index (χ0n) is 11.0. The molecule has 0 aromatic rings. The zero-order chi connectivity index (χ0) is 13.5. The third-order valence-electron chi connectivity index (χ3n) is 3.13. The Morgan fingerprint density at radius 2 is 2.06 bits per heavy atom. The first kappa shape index (κ1) is 14.5. The molecule has 102 valence electrons. The number of hydrogen-bond acceptors (Lipinski definition) is 2. The summed E-state index contributed by atoms with van der Waals surface area (Å²) in [7, 11) is 0. The maximum atomic E-state index is 11.6. The van der Waals surface area contributed by atoms with Gasteiger partial charge in [-0.25, -0.2) is 4.79 Å². The van der Waals surface area contributed by atoms with Gasteiger partial charge in [-0.2, -0.15) is 0 Å². The van der Waals surface area contributed by atoms with E-state index in [1.54, 1.807) is 0 Å². The number of carbonyl (C=O) groups is 2. The number of rotatable bonds is 4. The Morgan fingerprint density at radius 1 is 1.33 bits per heavy atom. The second-order valence-corrected chi connectivity index (χ2v) is 5.03. The molecule has 3 N–H and O–H groups in total. The lowest BCUT2D eigenvalue weighted by molar-refractivity contribution is -0.143. The highest BCUT2D eigenvalue weighted by molar-refractivity contribution is 5.75. The minimum Gasteiger partial charge on any atom is -0.481 e. The van der Waals surface area contributed by atoms with Crippen molar-refractivity contribution in [1.29, 1.82) is 0 Å². The van der Waals surface area contributed by atoms with E-state index in [-0.39, 0.29) is 18.0 Å². The maximum absolute atomic E-state index is 11.6. The summed E-state index contributed by atoms with van der Waals surface area (Å²) in [4.78, 5) is 22.5. The largest absolute Gasteiger partial charge is 0.481 e. The van der Waals surface area contributed by atoms with E-state index in [2.05, 4.69) is 10.6 Å². The standard InChI is InChI=1S/C13H22N2O3/c1-9(2)6-7-14-13(18)15-11-5-3-4-10(8-11)12(16)17/h6,10-11H,3-5,7-8H2,1-2H3,(H,16,17)(H2,14,15,18). The van der Waals surface area contributed by atoms with Crippen LogP contribution in [0.15, 0.2) is 11.6 Å². The topological polar surface area (TPSA) is 78.4 Å². The number of carbonyl (C=O) groups excluding carboxylic acids is 1. The van der Waals surface area contributed by atoms with Crippen molar-refractivity contribution in [2.45, 2.75) is 45.6 Å². The summed E-state index contributed by atoms with van der Waals surface area (Å²) in [6.07, 6.45) is 4.90. The zero-order valence-corrected chi connectivity index (χ0v) is 11.0. The lowest BCUT2D eigenvalue weighted by Gasteiger charge is -2.27. The first-order valence-corrected chi connectivity index (χ1v) is 6.39. The molecule has 0 spiro atoms. The minimum atomic E-state index is -0.758. The molecule has 0 aromatic carbocycles. The Hall–Kier alpha value is -1.52. The van der Waals surface area contributed by atoms with Gasteiger partial charge in [0.2, 0.25) is 0 Å². The fourth-order valence-electron chi connectivity index (χ4n) is 2.13. The molecule has 0 bridgehead atoms. The Labute approximate surface area is 108 Å². The van der Waals surface area contributed by atoms with Crippen molar-refractivity contribution in [2.75, 3.05) is 6.54 Å². The second-order valence-electron chi connectivity index (χ2n) is 5.03. The predicted molar refractivity (Wildman–Crippen MR) is 69.3 cm³/mol. The number of urea groups is 1. The van der Waals surface area contributed by atoms with E-state index in [1.807, 2.05) is 19.9 Å². The number of nitrogens with one attached hydrogen (secondary N) is 2. The van der Waals surface area contributed by atoms with Crippen LogP contribution in [0, 0.1) is 5.92 Å². The molecule has 2 amide bonds. The number of carboxylic acids is 1. The van der Waals surface area contributed by atoms with Gasteiger partial charge in [0, 0.05) is 12.6 Å². The molecule has 5 nitrogen and oxygen atoms in total.